The van der Waals surface area contributed by atoms with E-state index >= 15 is 0 Å². The van der Waals surface area contributed by atoms with Crippen molar-refractivity contribution >= 4 is 23.5 Å². The number of rotatable bonds is 8. The highest BCUT2D eigenvalue weighted by atomic mass is 16.3. The zero-order chi connectivity index (χ0) is 18.9. The van der Waals surface area contributed by atoms with E-state index in [0.29, 0.717) is 5.56 Å². The van der Waals surface area contributed by atoms with E-state index in [1.807, 2.05) is 43.3 Å². The number of hydrogen-bond acceptors (Lipinski definition) is 4. The van der Waals surface area contributed by atoms with E-state index in [1.54, 1.807) is 6.07 Å². The van der Waals surface area contributed by atoms with Crippen molar-refractivity contribution < 1.29 is 9.90 Å². The first-order valence-corrected chi connectivity index (χ1v) is 9.04. The van der Waals surface area contributed by atoms with Gasteiger partial charge >= 0.3 is 0 Å². The predicted octanol–water partition coefficient (Wildman–Crippen LogP) is 3.86. The van der Waals surface area contributed by atoms with Crippen LogP contribution in [-0.2, 0) is 11.2 Å². The van der Waals surface area contributed by atoms with Crippen LogP contribution >= 0.6 is 0 Å². The molecule has 0 fully saturated rings. The van der Waals surface area contributed by atoms with E-state index < -0.39 is 0 Å². The molecule has 0 aromatic heterocycles. The molecule has 2 aromatic rings. The van der Waals surface area contributed by atoms with E-state index in [0.717, 1.165) is 36.4 Å². The van der Waals surface area contributed by atoms with Gasteiger partial charge in [-0.2, -0.15) is 0 Å². The minimum Gasteiger partial charge on any atom is -0.507 e. The Morgan fingerprint density at radius 2 is 1.88 bits per heavy atom. The van der Waals surface area contributed by atoms with Crippen LogP contribution in [0.1, 0.15) is 31.9 Å². The number of carbonyl (C=O) groups is 1. The quantitative estimate of drug-likeness (QED) is 0.708. The lowest BCUT2D eigenvalue weighted by atomic mass is 10.1. The SMILES string of the molecule is CCc1ccccc1NC(=O)CN=Cc1ccc(N(CC)CC)cc1O. The minimum atomic E-state index is -0.179. The number of aryl methyl sites for hydroxylation is 1. The van der Waals surface area contributed by atoms with Crippen LogP contribution in [0, 0.1) is 0 Å². The van der Waals surface area contributed by atoms with E-state index in [1.165, 1.54) is 6.21 Å². The second kappa shape index (κ2) is 9.61. The fourth-order valence-corrected chi connectivity index (χ4v) is 2.79. The summed E-state index contributed by atoms with van der Waals surface area (Å²) in [6.07, 6.45) is 2.39. The van der Waals surface area contributed by atoms with Crippen molar-refractivity contribution in [1.82, 2.24) is 0 Å². The molecular weight excluding hydrogens is 326 g/mol. The summed E-state index contributed by atoms with van der Waals surface area (Å²) in [5.41, 5.74) is 3.48. The highest BCUT2D eigenvalue weighted by molar-refractivity contribution is 5.94. The normalized spacial score (nSPS) is 10.9. The Morgan fingerprint density at radius 1 is 1.15 bits per heavy atom. The molecule has 0 saturated carbocycles. The van der Waals surface area contributed by atoms with E-state index in [4.69, 9.17) is 0 Å². The van der Waals surface area contributed by atoms with Gasteiger partial charge in [0.2, 0.25) is 5.91 Å². The summed E-state index contributed by atoms with van der Waals surface area (Å²) < 4.78 is 0. The van der Waals surface area contributed by atoms with Crippen LogP contribution in [-0.4, -0.2) is 36.9 Å². The Balaban J connectivity index is 1.98. The van der Waals surface area contributed by atoms with Crippen molar-refractivity contribution in [2.24, 2.45) is 4.99 Å². The number of hydrogen-bond donors (Lipinski definition) is 2. The molecule has 0 heterocycles. The standard InChI is InChI=1S/C21H27N3O2/c1-4-16-9-7-8-10-19(16)23-21(26)15-22-14-17-11-12-18(13-20(17)25)24(5-2)6-3/h7-14,25H,4-6,15H2,1-3H3,(H,23,26). The van der Waals surface area contributed by atoms with Gasteiger partial charge in [-0.05, 0) is 44.0 Å². The molecule has 0 aliphatic heterocycles. The Hall–Kier alpha value is -2.82. The number of carbonyl (C=O) groups excluding carboxylic acids is 1. The number of phenolic OH excluding ortho intramolecular Hbond substituents is 1. The van der Waals surface area contributed by atoms with Gasteiger partial charge in [0, 0.05) is 42.3 Å². The number of para-hydroxylation sites is 1. The number of anilines is 2. The topological polar surface area (TPSA) is 64.9 Å². The molecule has 1 amide bonds. The van der Waals surface area contributed by atoms with Gasteiger partial charge in [-0.1, -0.05) is 25.1 Å². The smallest absolute Gasteiger partial charge is 0.246 e. The number of phenols is 1. The number of aromatic hydroxyl groups is 1. The molecule has 0 saturated heterocycles. The lowest BCUT2D eigenvalue weighted by Gasteiger charge is -2.21. The molecular formula is C21H27N3O2. The van der Waals surface area contributed by atoms with Crippen LogP contribution in [0.4, 0.5) is 11.4 Å². The van der Waals surface area contributed by atoms with Crippen molar-refractivity contribution in [1.29, 1.82) is 0 Å². The van der Waals surface area contributed by atoms with Gasteiger partial charge in [0.15, 0.2) is 0 Å². The fraction of sp³-hybridized carbons (Fsp3) is 0.333. The zero-order valence-electron chi connectivity index (χ0n) is 15.7. The van der Waals surface area contributed by atoms with Gasteiger partial charge in [-0.25, -0.2) is 0 Å². The van der Waals surface area contributed by atoms with Gasteiger partial charge in [0.1, 0.15) is 12.3 Å². The van der Waals surface area contributed by atoms with Crippen LogP contribution in [0.5, 0.6) is 5.75 Å². The molecule has 26 heavy (non-hydrogen) atoms. The van der Waals surface area contributed by atoms with Crippen molar-refractivity contribution in [3.05, 3.63) is 53.6 Å². The number of nitrogens with one attached hydrogen (secondary N) is 1. The Bertz CT molecular complexity index is 768. The second-order valence-electron chi connectivity index (χ2n) is 5.94. The van der Waals surface area contributed by atoms with Gasteiger partial charge in [0.05, 0.1) is 0 Å². The van der Waals surface area contributed by atoms with Crippen molar-refractivity contribution in [2.45, 2.75) is 27.2 Å². The van der Waals surface area contributed by atoms with Gasteiger partial charge < -0.3 is 15.3 Å². The van der Waals surface area contributed by atoms with Crippen LogP contribution in [0.3, 0.4) is 0 Å². The lowest BCUT2D eigenvalue weighted by molar-refractivity contribution is -0.114. The van der Waals surface area contributed by atoms with Crippen LogP contribution in [0.15, 0.2) is 47.5 Å². The average molecular weight is 353 g/mol. The lowest BCUT2D eigenvalue weighted by Crippen LogP contribution is -2.21. The summed E-state index contributed by atoms with van der Waals surface area (Å²) in [7, 11) is 0. The third-order valence-corrected chi connectivity index (χ3v) is 4.28. The first kappa shape index (κ1) is 19.5. The molecule has 0 atom stereocenters. The maximum atomic E-state index is 12.1. The third kappa shape index (κ3) is 5.09. The van der Waals surface area contributed by atoms with E-state index in [-0.39, 0.29) is 18.2 Å². The highest BCUT2D eigenvalue weighted by Crippen LogP contribution is 2.23. The van der Waals surface area contributed by atoms with Gasteiger partial charge in [-0.15, -0.1) is 0 Å². The number of nitrogens with zero attached hydrogens (tertiary/aromatic N) is 2. The Kier molecular flexibility index (Phi) is 7.21. The van der Waals surface area contributed by atoms with Gasteiger partial charge in [-0.3, -0.25) is 9.79 Å². The van der Waals surface area contributed by atoms with Crippen LogP contribution in [0.25, 0.3) is 0 Å². The summed E-state index contributed by atoms with van der Waals surface area (Å²) in [6.45, 7) is 7.96. The maximum Gasteiger partial charge on any atom is 0.246 e. The molecule has 0 aliphatic carbocycles. The molecule has 5 heteroatoms. The van der Waals surface area contributed by atoms with Crippen LogP contribution in [0.2, 0.25) is 0 Å². The maximum absolute atomic E-state index is 12.1. The van der Waals surface area contributed by atoms with E-state index in [9.17, 15) is 9.90 Å². The molecule has 2 rings (SSSR count). The van der Waals surface area contributed by atoms with Gasteiger partial charge in [0.25, 0.3) is 0 Å². The summed E-state index contributed by atoms with van der Waals surface area (Å²) >= 11 is 0. The monoisotopic (exact) mass is 353 g/mol. The van der Waals surface area contributed by atoms with Crippen LogP contribution < -0.4 is 10.2 Å². The molecule has 0 spiro atoms. The largest absolute Gasteiger partial charge is 0.507 e. The number of aliphatic imine (C=N–C) groups is 1. The first-order chi connectivity index (χ1) is 12.6. The molecule has 0 radical (unpaired) electrons. The molecule has 0 aliphatic rings. The van der Waals surface area contributed by atoms with Crippen molar-refractivity contribution in [3.8, 4) is 5.75 Å². The number of benzene rings is 2. The zero-order valence-corrected chi connectivity index (χ0v) is 15.7. The molecule has 138 valence electrons. The minimum absolute atomic E-state index is 0.00921. The summed E-state index contributed by atoms with van der Waals surface area (Å²) in [5.74, 6) is -0.0173. The molecule has 2 aromatic carbocycles. The van der Waals surface area contributed by atoms with Crippen molar-refractivity contribution in [3.63, 3.8) is 0 Å². The summed E-state index contributed by atoms with van der Waals surface area (Å²) in [5, 5.41) is 13.1. The first-order valence-electron chi connectivity index (χ1n) is 9.04. The predicted molar refractivity (Wildman–Crippen MR) is 109 cm³/mol. The molecule has 0 unspecified atom stereocenters. The average Bonchev–Trinajstić information content (AvgIpc) is 2.65. The molecule has 2 N–H and O–H groups in total. The van der Waals surface area contributed by atoms with Crippen molar-refractivity contribution in [2.75, 3.05) is 29.9 Å². The number of amides is 1. The highest BCUT2D eigenvalue weighted by Gasteiger charge is 2.07. The second-order valence-corrected chi connectivity index (χ2v) is 5.94. The Morgan fingerprint density at radius 3 is 2.54 bits per heavy atom. The summed E-state index contributed by atoms with van der Waals surface area (Å²) in [4.78, 5) is 18.4. The molecule has 0 bridgehead atoms. The Labute approximate surface area is 155 Å². The summed E-state index contributed by atoms with van der Waals surface area (Å²) in [6, 6.07) is 13.2. The fourth-order valence-electron chi connectivity index (χ4n) is 2.79. The molecule has 5 nitrogen and oxygen atoms in total. The third-order valence-electron chi connectivity index (χ3n) is 4.28. The van der Waals surface area contributed by atoms with E-state index in [2.05, 4.69) is 29.1 Å².